The van der Waals surface area contributed by atoms with E-state index in [2.05, 4.69) is 16.0 Å². The van der Waals surface area contributed by atoms with Gasteiger partial charge >= 0.3 is 6.09 Å². The normalized spacial score (nSPS) is 17.9. The van der Waals surface area contributed by atoms with Gasteiger partial charge in [-0.1, -0.05) is 6.07 Å². The van der Waals surface area contributed by atoms with Crippen LogP contribution in [0.4, 0.5) is 16.2 Å². The van der Waals surface area contributed by atoms with Gasteiger partial charge in [0.05, 0.1) is 11.4 Å². The van der Waals surface area contributed by atoms with E-state index in [-0.39, 0.29) is 5.91 Å². The van der Waals surface area contributed by atoms with Crippen molar-refractivity contribution in [2.24, 2.45) is 0 Å². The van der Waals surface area contributed by atoms with Crippen LogP contribution in [0.15, 0.2) is 18.2 Å². The van der Waals surface area contributed by atoms with Crippen molar-refractivity contribution in [3.05, 3.63) is 23.8 Å². The lowest BCUT2D eigenvalue weighted by Crippen LogP contribution is -2.48. The minimum Gasteiger partial charge on any atom is -0.444 e. The number of benzene rings is 1. The molecule has 0 radical (unpaired) electrons. The summed E-state index contributed by atoms with van der Waals surface area (Å²) in [5.41, 5.74) is 2.00. The summed E-state index contributed by atoms with van der Waals surface area (Å²) < 4.78 is 5.17. The van der Waals surface area contributed by atoms with Gasteiger partial charge in [0, 0.05) is 6.54 Å². The molecular formula is C15H21N3O3. The third-order valence-electron chi connectivity index (χ3n) is 2.94. The quantitative estimate of drug-likeness (QED) is 0.741. The number of amides is 2. The SMILES string of the molecule is Cc1ccc2c(c1)NC(=O)C(NC(=O)OC(C)(C)C)CN2. The van der Waals surface area contributed by atoms with E-state index in [1.54, 1.807) is 20.8 Å². The number of hydrogen-bond acceptors (Lipinski definition) is 4. The Hall–Kier alpha value is -2.24. The molecule has 2 amide bonds. The van der Waals surface area contributed by atoms with Crippen molar-refractivity contribution in [1.82, 2.24) is 5.32 Å². The molecule has 6 heteroatoms. The molecule has 1 aromatic rings. The molecule has 2 rings (SSSR count). The number of anilines is 2. The summed E-state index contributed by atoms with van der Waals surface area (Å²) in [6.45, 7) is 7.58. The van der Waals surface area contributed by atoms with Gasteiger partial charge in [-0.3, -0.25) is 4.79 Å². The van der Waals surface area contributed by atoms with E-state index in [1.165, 1.54) is 0 Å². The van der Waals surface area contributed by atoms with Crippen molar-refractivity contribution in [2.45, 2.75) is 39.3 Å². The predicted molar refractivity (Wildman–Crippen MR) is 81.5 cm³/mol. The molecule has 1 atom stereocenters. The molecule has 1 aliphatic heterocycles. The van der Waals surface area contributed by atoms with Crippen LogP contribution >= 0.6 is 0 Å². The van der Waals surface area contributed by atoms with Gasteiger partial charge in [0.1, 0.15) is 11.6 Å². The van der Waals surface area contributed by atoms with Gasteiger partial charge in [0.15, 0.2) is 0 Å². The maximum Gasteiger partial charge on any atom is 0.408 e. The molecule has 6 nitrogen and oxygen atoms in total. The summed E-state index contributed by atoms with van der Waals surface area (Å²) in [5.74, 6) is -0.266. The zero-order chi connectivity index (χ0) is 15.6. The van der Waals surface area contributed by atoms with E-state index in [0.717, 1.165) is 11.3 Å². The molecule has 1 aromatic carbocycles. The highest BCUT2D eigenvalue weighted by Gasteiger charge is 2.27. The Morgan fingerprint density at radius 3 is 2.71 bits per heavy atom. The number of hydrogen-bond donors (Lipinski definition) is 3. The summed E-state index contributed by atoms with van der Waals surface area (Å²) in [7, 11) is 0. The second-order valence-electron chi connectivity index (χ2n) is 6.12. The molecule has 0 aliphatic carbocycles. The molecule has 1 aliphatic rings. The highest BCUT2D eigenvalue weighted by Crippen LogP contribution is 2.25. The molecule has 3 N–H and O–H groups in total. The maximum atomic E-state index is 12.2. The van der Waals surface area contributed by atoms with Gasteiger partial charge in [-0.05, 0) is 45.4 Å². The fourth-order valence-corrected chi connectivity index (χ4v) is 2.01. The molecule has 1 heterocycles. The molecular weight excluding hydrogens is 270 g/mol. The molecule has 0 aromatic heterocycles. The van der Waals surface area contributed by atoms with E-state index in [0.29, 0.717) is 12.2 Å². The Kier molecular flexibility index (Phi) is 4.06. The van der Waals surface area contributed by atoms with Crippen molar-refractivity contribution in [3.63, 3.8) is 0 Å². The Labute approximate surface area is 124 Å². The van der Waals surface area contributed by atoms with Crippen LogP contribution in [0.5, 0.6) is 0 Å². The number of fused-ring (bicyclic) bond motifs is 1. The summed E-state index contributed by atoms with van der Waals surface area (Å²) >= 11 is 0. The number of carbonyl (C=O) groups excluding carboxylic acids is 2. The number of carbonyl (C=O) groups is 2. The Bertz CT molecular complexity index is 564. The topological polar surface area (TPSA) is 79.5 Å². The van der Waals surface area contributed by atoms with E-state index in [1.807, 2.05) is 25.1 Å². The molecule has 0 fully saturated rings. The largest absolute Gasteiger partial charge is 0.444 e. The van der Waals surface area contributed by atoms with Crippen molar-refractivity contribution < 1.29 is 14.3 Å². The maximum absolute atomic E-state index is 12.2. The van der Waals surface area contributed by atoms with Gasteiger partial charge in [-0.2, -0.15) is 0 Å². The van der Waals surface area contributed by atoms with Crippen LogP contribution in [0.1, 0.15) is 26.3 Å². The van der Waals surface area contributed by atoms with Gasteiger partial charge < -0.3 is 20.7 Å². The minimum atomic E-state index is -0.687. The molecule has 21 heavy (non-hydrogen) atoms. The average Bonchev–Trinajstić information content (AvgIpc) is 2.47. The predicted octanol–water partition coefficient (Wildman–Crippen LogP) is 2.25. The molecule has 1 unspecified atom stereocenters. The molecule has 0 spiro atoms. The van der Waals surface area contributed by atoms with Crippen molar-refractivity contribution in [2.75, 3.05) is 17.2 Å². The van der Waals surface area contributed by atoms with E-state index < -0.39 is 17.7 Å². The highest BCUT2D eigenvalue weighted by atomic mass is 16.6. The second kappa shape index (κ2) is 5.63. The highest BCUT2D eigenvalue weighted by molar-refractivity contribution is 6.00. The van der Waals surface area contributed by atoms with Gasteiger partial charge in [0.25, 0.3) is 0 Å². The number of nitrogens with one attached hydrogen (secondary N) is 3. The van der Waals surface area contributed by atoms with Crippen molar-refractivity contribution in [3.8, 4) is 0 Å². The van der Waals surface area contributed by atoms with Crippen LogP contribution in [0.25, 0.3) is 0 Å². The number of aryl methyl sites for hydroxylation is 1. The third kappa shape index (κ3) is 4.11. The minimum absolute atomic E-state index is 0.266. The van der Waals surface area contributed by atoms with Crippen LogP contribution < -0.4 is 16.0 Å². The third-order valence-corrected chi connectivity index (χ3v) is 2.94. The molecule has 0 bridgehead atoms. The number of alkyl carbamates (subject to hydrolysis) is 1. The summed E-state index contributed by atoms with van der Waals surface area (Å²) in [6.07, 6.45) is -0.605. The lowest BCUT2D eigenvalue weighted by atomic mass is 10.2. The number of ether oxygens (including phenoxy) is 1. The summed E-state index contributed by atoms with van der Waals surface area (Å²) in [6, 6.07) is 5.06. The fourth-order valence-electron chi connectivity index (χ4n) is 2.01. The van der Waals surface area contributed by atoms with Gasteiger partial charge in [-0.25, -0.2) is 4.79 Å². The van der Waals surface area contributed by atoms with Crippen molar-refractivity contribution >= 4 is 23.4 Å². The fraction of sp³-hybridized carbons (Fsp3) is 0.467. The first-order valence-electron chi connectivity index (χ1n) is 6.89. The standard InChI is InChI=1S/C15H21N3O3/c1-9-5-6-10-11(7-9)17-13(19)12(8-16-10)18-14(20)21-15(2,3)4/h5-7,12,16H,8H2,1-4H3,(H,17,19)(H,18,20). The summed E-state index contributed by atoms with van der Waals surface area (Å²) in [4.78, 5) is 23.9. The first-order chi connectivity index (χ1) is 9.74. The molecule has 0 saturated heterocycles. The lowest BCUT2D eigenvalue weighted by Gasteiger charge is -2.22. The number of rotatable bonds is 1. The Balaban J connectivity index is 2.05. The lowest BCUT2D eigenvalue weighted by molar-refractivity contribution is -0.117. The van der Waals surface area contributed by atoms with E-state index in [4.69, 9.17) is 4.74 Å². The Morgan fingerprint density at radius 2 is 2.05 bits per heavy atom. The zero-order valence-corrected chi connectivity index (χ0v) is 12.7. The first kappa shape index (κ1) is 15.2. The van der Waals surface area contributed by atoms with Crippen molar-refractivity contribution in [1.29, 1.82) is 0 Å². The van der Waals surface area contributed by atoms with E-state index >= 15 is 0 Å². The van der Waals surface area contributed by atoms with E-state index in [9.17, 15) is 9.59 Å². The van der Waals surface area contributed by atoms with Crippen LogP contribution in [0, 0.1) is 6.92 Å². The monoisotopic (exact) mass is 291 g/mol. The smallest absolute Gasteiger partial charge is 0.408 e. The second-order valence-corrected chi connectivity index (χ2v) is 6.12. The van der Waals surface area contributed by atoms with Gasteiger partial charge in [0.2, 0.25) is 5.91 Å². The van der Waals surface area contributed by atoms with Crippen LogP contribution in [-0.4, -0.2) is 30.2 Å². The van der Waals surface area contributed by atoms with Crippen LogP contribution in [0.2, 0.25) is 0 Å². The molecule has 0 saturated carbocycles. The molecule has 114 valence electrons. The van der Waals surface area contributed by atoms with Gasteiger partial charge in [-0.15, -0.1) is 0 Å². The zero-order valence-electron chi connectivity index (χ0n) is 12.7. The summed E-state index contributed by atoms with van der Waals surface area (Å²) in [5, 5.41) is 8.54. The van der Waals surface area contributed by atoms with Crippen LogP contribution in [-0.2, 0) is 9.53 Å². The first-order valence-corrected chi connectivity index (χ1v) is 6.89. The average molecular weight is 291 g/mol. The Morgan fingerprint density at radius 1 is 1.33 bits per heavy atom. The van der Waals surface area contributed by atoms with Crippen LogP contribution in [0.3, 0.4) is 0 Å².